The average Bonchev–Trinajstić information content (AvgIpc) is 2.99. The first-order chi connectivity index (χ1) is 14.8. The Morgan fingerprint density at radius 1 is 1.06 bits per heavy atom. The maximum Gasteiger partial charge on any atom is 0.331 e. The van der Waals surface area contributed by atoms with E-state index in [1.807, 2.05) is 26.8 Å². The van der Waals surface area contributed by atoms with Crippen molar-refractivity contribution in [1.82, 2.24) is 0 Å². The average molecular weight is 445 g/mol. The van der Waals surface area contributed by atoms with Gasteiger partial charge in [0.05, 0.1) is 17.8 Å². The first-order valence-corrected chi connectivity index (χ1v) is 12.4. The number of carbonyl (C=O) groups excluding carboxylic acids is 1. The molecule has 3 aliphatic carbocycles. The molecule has 1 fully saturated rings. The third kappa shape index (κ3) is 6.14. The number of esters is 1. The van der Waals surface area contributed by atoms with Crippen LogP contribution in [0.1, 0.15) is 93.4 Å². The van der Waals surface area contributed by atoms with Gasteiger partial charge in [-0.25, -0.2) is 4.79 Å². The minimum atomic E-state index is -0.481. The summed E-state index contributed by atoms with van der Waals surface area (Å²) < 4.78 is 17.6. The number of allylic oxidation sites excluding steroid dienone is 4. The molecule has 0 heterocycles. The third-order valence-electron chi connectivity index (χ3n) is 7.25. The van der Waals surface area contributed by atoms with E-state index in [1.165, 1.54) is 23.1 Å². The van der Waals surface area contributed by atoms with Crippen LogP contribution in [0.15, 0.2) is 34.9 Å². The summed E-state index contributed by atoms with van der Waals surface area (Å²) in [6, 6.07) is 0. The molecule has 4 heteroatoms. The van der Waals surface area contributed by atoms with Gasteiger partial charge in [-0.05, 0) is 109 Å². The van der Waals surface area contributed by atoms with Crippen molar-refractivity contribution in [3.05, 3.63) is 34.9 Å². The first-order valence-electron chi connectivity index (χ1n) is 12.4. The Labute approximate surface area is 195 Å². The van der Waals surface area contributed by atoms with E-state index in [0.717, 1.165) is 38.5 Å². The molecule has 0 aromatic heterocycles. The molecule has 0 spiro atoms. The van der Waals surface area contributed by atoms with E-state index in [4.69, 9.17) is 14.2 Å². The van der Waals surface area contributed by atoms with Crippen molar-refractivity contribution in [3.8, 4) is 0 Å². The van der Waals surface area contributed by atoms with E-state index in [0.29, 0.717) is 12.0 Å². The largest absolute Gasteiger partial charge is 0.457 e. The summed E-state index contributed by atoms with van der Waals surface area (Å²) in [5.74, 6) is 0.273. The topological polar surface area (TPSA) is 44.8 Å². The molecule has 4 atom stereocenters. The monoisotopic (exact) mass is 444 g/mol. The fourth-order valence-corrected chi connectivity index (χ4v) is 5.63. The van der Waals surface area contributed by atoms with Crippen LogP contribution in [0.4, 0.5) is 0 Å². The Bertz CT molecular complexity index is 789. The minimum absolute atomic E-state index is 0.104. The van der Waals surface area contributed by atoms with E-state index in [1.54, 1.807) is 13.2 Å². The normalized spacial score (nSPS) is 31.6. The molecule has 0 bridgehead atoms. The Balaban J connectivity index is 1.84. The maximum atomic E-state index is 12.3. The van der Waals surface area contributed by atoms with Crippen LogP contribution in [0.25, 0.3) is 0 Å². The fraction of sp³-hybridized carbons (Fsp3) is 0.750. The molecular formula is C28H44O4. The van der Waals surface area contributed by atoms with Crippen LogP contribution in [0.5, 0.6) is 0 Å². The lowest BCUT2D eigenvalue weighted by Gasteiger charge is -2.42. The zero-order valence-electron chi connectivity index (χ0n) is 21.5. The summed E-state index contributed by atoms with van der Waals surface area (Å²) in [6.45, 7) is 14.6. The number of ether oxygens (including phenoxy) is 3. The van der Waals surface area contributed by atoms with E-state index in [9.17, 15) is 4.79 Å². The SMILES string of the molecule is COC1CCC(C2=C[C@@H]3CC[C@H](OC(C)(C)C)[C@@]3(C)CC2)=C(/C=C/C(=O)OC(C)(C)C)C1. The number of methoxy groups -OCH3 is 1. The zero-order valence-corrected chi connectivity index (χ0v) is 21.5. The van der Waals surface area contributed by atoms with Gasteiger partial charge in [0.15, 0.2) is 0 Å². The summed E-state index contributed by atoms with van der Waals surface area (Å²) in [5, 5.41) is 0. The summed E-state index contributed by atoms with van der Waals surface area (Å²) in [6.07, 6.45) is 14.1. The Kier molecular flexibility index (Phi) is 7.46. The number of carbonyl (C=O) groups is 1. The molecule has 0 amide bonds. The molecule has 4 nitrogen and oxygen atoms in total. The van der Waals surface area contributed by atoms with E-state index < -0.39 is 5.60 Å². The Morgan fingerprint density at radius 3 is 2.41 bits per heavy atom. The summed E-state index contributed by atoms with van der Waals surface area (Å²) in [4.78, 5) is 12.3. The van der Waals surface area contributed by atoms with Crippen molar-refractivity contribution in [1.29, 1.82) is 0 Å². The highest BCUT2D eigenvalue weighted by Gasteiger charge is 2.49. The number of hydrogen-bond acceptors (Lipinski definition) is 4. The van der Waals surface area contributed by atoms with E-state index >= 15 is 0 Å². The van der Waals surface area contributed by atoms with Gasteiger partial charge in [-0.3, -0.25) is 0 Å². The number of rotatable bonds is 5. The molecule has 0 radical (unpaired) electrons. The first kappa shape index (κ1) is 25.2. The maximum absolute atomic E-state index is 12.3. The van der Waals surface area contributed by atoms with Crippen LogP contribution in [0.3, 0.4) is 0 Å². The van der Waals surface area contributed by atoms with Gasteiger partial charge in [-0.1, -0.05) is 19.1 Å². The summed E-state index contributed by atoms with van der Waals surface area (Å²) in [7, 11) is 1.78. The highest BCUT2D eigenvalue weighted by molar-refractivity contribution is 5.83. The second-order valence-corrected chi connectivity index (χ2v) is 12.1. The molecule has 180 valence electrons. The Morgan fingerprint density at radius 2 is 1.78 bits per heavy atom. The van der Waals surface area contributed by atoms with Crippen LogP contribution < -0.4 is 0 Å². The van der Waals surface area contributed by atoms with Gasteiger partial charge in [0.2, 0.25) is 0 Å². The summed E-state index contributed by atoms with van der Waals surface area (Å²) in [5.41, 5.74) is 3.75. The van der Waals surface area contributed by atoms with Crippen molar-refractivity contribution in [2.75, 3.05) is 7.11 Å². The standard InChI is InChI=1S/C28H44O4/c1-26(2,3)31-24-13-10-21-17-20(15-16-28(21,24)7)23-12-11-22(30-8)18-19(23)9-14-25(29)32-27(4,5)6/h9,14,17,21-22,24H,10-13,15-16,18H2,1-8H3/b14-9+/t21-,22?,24-,28-/m0/s1. The predicted octanol–water partition coefficient (Wildman–Crippen LogP) is 6.70. The van der Waals surface area contributed by atoms with Crippen molar-refractivity contribution in [3.63, 3.8) is 0 Å². The molecule has 1 unspecified atom stereocenters. The quantitative estimate of drug-likeness (QED) is 0.350. The van der Waals surface area contributed by atoms with Gasteiger partial charge in [-0.15, -0.1) is 0 Å². The second-order valence-electron chi connectivity index (χ2n) is 12.1. The van der Waals surface area contributed by atoms with Gasteiger partial charge < -0.3 is 14.2 Å². The Hall–Kier alpha value is -1.39. The fourth-order valence-electron chi connectivity index (χ4n) is 5.63. The van der Waals surface area contributed by atoms with Crippen molar-refractivity contribution in [2.24, 2.45) is 11.3 Å². The molecule has 1 saturated carbocycles. The highest BCUT2D eigenvalue weighted by Crippen LogP contribution is 2.54. The lowest BCUT2D eigenvalue weighted by molar-refractivity contribution is -0.148. The van der Waals surface area contributed by atoms with Crippen LogP contribution >= 0.6 is 0 Å². The lowest BCUT2D eigenvalue weighted by atomic mass is 9.67. The van der Waals surface area contributed by atoms with Crippen LogP contribution in [-0.2, 0) is 19.0 Å². The van der Waals surface area contributed by atoms with Crippen LogP contribution in [-0.4, -0.2) is 36.5 Å². The van der Waals surface area contributed by atoms with Crippen molar-refractivity contribution < 1.29 is 19.0 Å². The predicted molar refractivity (Wildman–Crippen MR) is 129 cm³/mol. The second kappa shape index (κ2) is 9.46. The third-order valence-corrected chi connectivity index (χ3v) is 7.25. The highest BCUT2D eigenvalue weighted by atomic mass is 16.6. The molecule has 0 saturated heterocycles. The molecule has 3 aliphatic rings. The molecule has 0 aliphatic heterocycles. The van der Waals surface area contributed by atoms with Crippen LogP contribution in [0, 0.1) is 11.3 Å². The molecule has 0 aromatic carbocycles. The number of fused-ring (bicyclic) bond motifs is 1. The van der Waals surface area contributed by atoms with Crippen molar-refractivity contribution >= 4 is 5.97 Å². The van der Waals surface area contributed by atoms with E-state index in [-0.39, 0.29) is 23.1 Å². The van der Waals surface area contributed by atoms with Crippen molar-refractivity contribution in [2.45, 2.75) is 117 Å². The lowest BCUT2D eigenvalue weighted by Crippen LogP contribution is -2.40. The zero-order chi connectivity index (χ0) is 23.7. The number of hydrogen-bond donors (Lipinski definition) is 0. The molecule has 0 aromatic rings. The molecular weight excluding hydrogens is 400 g/mol. The summed E-state index contributed by atoms with van der Waals surface area (Å²) >= 11 is 0. The smallest absolute Gasteiger partial charge is 0.331 e. The van der Waals surface area contributed by atoms with Gasteiger partial charge in [-0.2, -0.15) is 0 Å². The molecule has 0 N–H and O–H groups in total. The van der Waals surface area contributed by atoms with Gasteiger partial charge in [0.25, 0.3) is 0 Å². The molecule has 32 heavy (non-hydrogen) atoms. The molecule has 3 rings (SSSR count). The van der Waals surface area contributed by atoms with Crippen LogP contribution in [0.2, 0.25) is 0 Å². The minimum Gasteiger partial charge on any atom is -0.457 e. The van der Waals surface area contributed by atoms with Gasteiger partial charge >= 0.3 is 5.97 Å². The van der Waals surface area contributed by atoms with E-state index in [2.05, 4.69) is 33.8 Å². The van der Waals surface area contributed by atoms with Gasteiger partial charge in [0, 0.05) is 18.6 Å². The van der Waals surface area contributed by atoms with Gasteiger partial charge in [0.1, 0.15) is 5.60 Å².